The molecule has 1 aromatic heterocycles. The number of urea groups is 1. The highest BCUT2D eigenvalue weighted by Gasteiger charge is 2.04. The number of hydrogen-bond acceptors (Lipinski definition) is 4. The average Bonchev–Trinajstić information content (AvgIpc) is 2.59. The molecule has 0 spiro atoms. The van der Waals surface area contributed by atoms with Crippen LogP contribution in [0.1, 0.15) is 5.69 Å². The number of halogens is 1. The van der Waals surface area contributed by atoms with E-state index >= 15 is 0 Å². The Labute approximate surface area is 149 Å². The minimum absolute atomic E-state index is 0.361. The molecule has 0 unspecified atom stereocenters. The molecular weight excluding hydrogens is 340 g/mol. The summed E-state index contributed by atoms with van der Waals surface area (Å²) in [5.74, 6) is 1.00. The first kappa shape index (κ1) is 16.7. The van der Waals surface area contributed by atoms with Crippen LogP contribution in [0.5, 0.6) is 11.6 Å². The van der Waals surface area contributed by atoms with Gasteiger partial charge in [-0.1, -0.05) is 17.7 Å². The third-order valence-electron chi connectivity index (χ3n) is 3.19. The lowest BCUT2D eigenvalue weighted by atomic mass is 10.3. The van der Waals surface area contributed by atoms with E-state index in [1.54, 1.807) is 54.6 Å². The third-order valence-corrected chi connectivity index (χ3v) is 3.43. The second-order valence-corrected chi connectivity index (χ2v) is 5.67. The summed E-state index contributed by atoms with van der Waals surface area (Å²) < 4.78 is 5.59. The fourth-order valence-electron chi connectivity index (χ4n) is 2.03. The fourth-order valence-corrected chi connectivity index (χ4v) is 2.22. The number of benzene rings is 2. The van der Waals surface area contributed by atoms with Crippen molar-refractivity contribution in [3.05, 3.63) is 71.4 Å². The summed E-state index contributed by atoms with van der Waals surface area (Å²) in [4.78, 5) is 12.0. The highest BCUT2D eigenvalue weighted by molar-refractivity contribution is 6.30. The van der Waals surface area contributed by atoms with Gasteiger partial charge in [0.15, 0.2) is 0 Å². The first-order valence-corrected chi connectivity index (χ1v) is 7.88. The van der Waals surface area contributed by atoms with Gasteiger partial charge >= 0.3 is 6.03 Å². The average molecular weight is 355 g/mol. The predicted molar refractivity (Wildman–Crippen MR) is 97.4 cm³/mol. The number of aromatic nitrogens is 2. The fraction of sp³-hybridized carbons (Fsp3) is 0.0556. The van der Waals surface area contributed by atoms with Gasteiger partial charge in [0.05, 0.1) is 5.69 Å². The molecule has 6 nitrogen and oxygen atoms in total. The minimum atomic E-state index is -0.361. The maximum Gasteiger partial charge on any atom is 0.323 e. The number of ether oxygens (including phenoxy) is 1. The Morgan fingerprint density at radius 1 is 0.960 bits per heavy atom. The van der Waals surface area contributed by atoms with Gasteiger partial charge in [0.2, 0.25) is 5.88 Å². The number of carbonyl (C=O) groups excluding carboxylic acids is 1. The van der Waals surface area contributed by atoms with Crippen LogP contribution in [0.2, 0.25) is 5.02 Å². The van der Waals surface area contributed by atoms with E-state index < -0.39 is 0 Å². The van der Waals surface area contributed by atoms with Crippen LogP contribution in [0.15, 0.2) is 60.7 Å². The summed E-state index contributed by atoms with van der Waals surface area (Å²) >= 11 is 5.89. The van der Waals surface area contributed by atoms with Crippen molar-refractivity contribution in [1.29, 1.82) is 0 Å². The molecule has 0 aliphatic carbocycles. The smallest absolute Gasteiger partial charge is 0.323 e. The highest BCUT2D eigenvalue weighted by atomic mass is 35.5. The molecule has 126 valence electrons. The Morgan fingerprint density at radius 3 is 2.40 bits per heavy atom. The Kier molecular flexibility index (Phi) is 5.11. The van der Waals surface area contributed by atoms with Crippen LogP contribution in [0.25, 0.3) is 0 Å². The number of nitrogens with one attached hydrogen (secondary N) is 2. The van der Waals surface area contributed by atoms with E-state index in [-0.39, 0.29) is 6.03 Å². The Morgan fingerprint density at radius 2 is 1.72 bits per heavy atom. The van der Waals surface area contributed by atoms with Crippen LogP contribution >= 0.6 is 11.6 Å². The van der Waals surface area contributed by atoms with Crippen LogP contribution in [0.4, 0.5) is 16.2 Å². The quantitative estimate of drug-likeness (QED) is 0.700. The molecule has 2 amide bonds. The van der Waals surface area contributed by atoms with Crippen molar-refractivity contribution in [2.45, 2.75) is 6.92 Å². The molecule has 0 saturated carbocycles. The summed E-state index contributed by atoms with van der Waals surface area (Å²) in [7, 11) is 0. The van der Waals surface area contributed by atoms with E-state index in [2.05, 4.69) is 20.8 Å². The summed E-state index contributed by atoms with van der Waals surface area (Å²) in [6.45, 7) is 1.85. The Balaban J connectivity index is 1.58. The second kappa shape index (κ2) is 7.63. The summed E-state index contributed by atoms with van der Waals surface area (Å²) in [5, 5.41) is 13.9. The molecule has 0 aliphatic heterocycles. The molecule has 0 saturated heterocycles. The van der Waals surface area contributed by atoms with E-state index in [0.717, 1.165) is 5.69 Å². The number of hydrogen-bond donors (Lipinski definition) is 2. The topological polar surface area (TPSA) is 76.1 Å². The zero-order valence-electron chi connectivity index (χ0n) is 13.4. The van der Waals surface area contributed by atoms with Gasteiger partial charge in [-0.2, -0.15) is 5.10 Å². The lowest BCUT2D eigenvalue weighted by molar-refractivity contribution is 0.262. The SMILES string of the molecule is Cc1ccc(Oc2ccc(NC(=O)Nc3cccc(Cl)c3)cc2)nn1. The van der Waals surface area contributed by atoms with E-state index in [1.807, 2.05) is 13.0 Å². The van der Waals surface area contributed by atoms with Crippen molar-refractivity contribution in [2.24, 2.45) is 0 Å². The molecule has 0 aliphatic rings. The van der Waals surface area contributed by atoms with Gasteiger partial charge in [-0.3, -0.25) is 0 Å². The van der Waals surface area contributed by atoms with Crippen molar-refractivity contribution < 1.29 is 9.53 Å². The number of amides is 2. The van der Waals surface area contributed by atoms with Crippen molar-refractivity contribution in [3.8, 4) is 11.6 Å². The summed E-state index contributed by atoms with van der Waals surface area (Å²) in [6, 6.07) is 17.0. The third kappa shape index (κ3) is 4.92. The predicted octanol–water partition coefficient (Wildman–Crippen LogP) is 4.87. The van der Waals surface area contributed by atoms with Gasteiger partial charge in [-0.25, -0.2) is 4.79 Å². The molecule has 0 radical (unpaired) electrons. The molecule has 0 fully saturated rings. The van der Waals surface area contributed by atoms with Crippen LogP contribution in [0.3, 0.4) is 0 Å². The highest BCUT2D eigenvalue weighted by Crippen LogP contribution is 2.21. The zero-order chi connectivity index (χ0) is 17.6. The zero-order valence-corrected chi connectivity index (χ0v) is 14.1. The first-order valence-electron chi connectivity index (χ1n) is 7.50. The lowest BCUT2D eigenvalue weighted by Gasteiger charge is -2.09. The maximum absolute atomic E-state index is 12.0. The second-order valence-electron chi connectivity index (χ2n) is 5.23. The normalized spacial score (nSPS) is 10.2. The molecule has 2 N–H and O–H groups in total. The monoisotopic (exact) mass is 354 g/mol. The van der Waals surface area contributed by atoms with Crippen LogP contribution < -0.4 is 15.4 Å². The minimum Gasteiger partial charge on any atom is -0.438 e. The lowest BCUT2D eigenvalue weighted by Crippen LogP contribution is -2.19. The maximum atomic E-state index is 12.0. The Hall–Kier alpha value is -3.12. The van der Waals surface area contributed by atoms with Gasteiger partial charge < -0.3 is 15.4 Å². The van der Waals surface area contributed by atoms with Gasteiger partial charge in [0.1, 0.15) is 5.75 Å². The molecule has 0 bridgehead atoms. The number of anilines is 2. The van der Waals surface area contributed by atoms with Crippen molar-refractivity contribution in [3.63, 3.8) is 0 Å². The molecule has 7 heteroatoms. The molecule has 0 atom stereocenters. The number of rotatable bonds is 4. The number of aryl methyl sites for hydroxylation is 1. The van der Waals surface area contributed by atoms with Crippen molar-refractivity contribution in [2.75, 3.05) is 10.6 Å². The van der Waals surface area contributed by atoms with Crippen LogP contribution in [-0.2, 0) is 0 Å². The summed E-state index contributed by atoms with van der Waals surface area (Å²) in [6.07, 6.45) is 0. The number of nitrogens with zero attached hydrogens (tertiary/aromatic N) is 2. The number of carbonyl (C=O) groups is 1. The molecular formula is C18H15ClN4O2. The van der Waals surface area contributed by atoms with Crippen LogP contribution in [0, 0.1) is 6.92 Å². The summed E-state index contributed by atoms with van der Waals surface area (Å²) in [5.41, 5.74) is 2.06. The molecule has 2 aromatic carbocycles. The largest absolute Gasteiger partial charge is 0.438 e. The first-order chi connectivity index (χ1) is 12.1. The van der Waals surface area contributed by atoms with E-state index in [1.165, 1.54) is 0 Å². The van der Waals surface area contributed by atoms with E-state index in [0.29, 0.717) is 28.0 Å². The molecule has 25 heavy (non-hydrogen) atoms. The molecule has 3 rings (SSSR count). The van der Waals surface area contributed by atoms with Gasteiger partial charge in [0, 0.05) is 22.5 Å². The van der Waals surface area contributed by atoms with Crippen LogP contribution in [-0.4, -0.2) is 16.2 Å². The van der Waals surface area contributed by atoms with Crippen molar-refractivity contribution in [1.82, 2.24) is 10.2 Å². The van der Waals surface area contributed by atoms with E-state index in [4.69, 9.17) is 16.3 Å². The van der Waals surface area contributed by atoms with Gasteiger partial charge in [0.25, 0.3) is 0 Å². The molecule has 1 heterocycles. The Bertz CT molecular complexity index is 867. The van der Waals surface area contributed by atoms with Gasteiger partial charge in [-0.05, 0) is 55.5 Å². The van der Waals surface area contributed by atoms with Crippen molar-refractivity contribution >= 4 is 29.0 Å². The standard InChI is InChI=1S/C18H15ClN4O2/c1-12-5-10-17(23-22-12)25-16-8-6-14(7-9-16)20-18(24)21-15-4-2-3-13(19)11-15/h2-11H,1H3,(H2,20,21,24). The van der Waals surface area contributed by atoms with E-state index in [9.17, 15) is 4.79 Å². The van der Waals surface area contributed by atoms with Gasteiger partial charge in [-0.15, -0.1) is 5.10 Å². The molecule has 3 aromatic rings.